The van der Waals surface area contributed by atoms with Crippen LogP contribution in [-0.4, -0.2) is 37.7 Å². The fourth-order valence-electron chi connectivity index (χ4n) is 2.92. The summed E-state index contributed by atoms with van der Waals surface area (Å²) >= 11 is 12.0. The first-order valence-corrected chi connectivity index (χ1v) is 10.4. The van der Waals surface area contributed by atoms with Gasteiger partial charge in [-0.2, -0.15) is 0 Å². The molecule has 5 nitrogen and oxygen atoms in total. The first-order chi connectivity index (χ1) is 12.4. The molecule has 1 aliphatic heterocycles. The van der Waals surface area contributed by atoms with Gasteiger partial charge in [0.25, 0.3) is 0 Å². The Bertz CT molecular complexity index is 904. The van der Waals surface area contributed by atoms with Crippen molar-refractivity contribution in [2.24, 2.45) is 0 Å². The lowest BCUT2D eigenvalue weighted by molar-refractivity contribution is 0.208. The van der Waals surface area contributed by atoms with E-state index in [4.69, 9.17) is 23.2 Å². The SMILES string of the molecule is O=C(NCc1ccc(Cl)cc1Cl)N1CCC(S(=O)(=O)c2ccccc2)C1. The number of nitrogens with zero attached hydrogens (tertiary/aromatic N) is 1. The molecule has 1 heterocycles. The van der Waals surface area contributed by atoms with E-state index >= 15 is 0 Å². The number of likely N-dealkylation sites (tertiary alicyclic amines) is 1. The van der Waals surface area contributed by atoms with Gasteiger partial charge in [-0.1, -0.05) is 47.5 Å². The van der Waals surface area contributed by atoms with Gasteiger partial charge in [-0.25, -0.2) is 13.2 Å². The summed E-state index contributed by atoms with van der Waals surface area (Å²) in [5, 5.41) is 3.19. The lowest BCUT2D eigenvalue weighted by Crippen LogP contribution is -2.39. The van der Waals surface area contributed by atoms with Crippen molar-refractivity contribution >= 4 is 39.1 Å². The van der Waals surface area contributed by atoms with Crippen LogP contribution in [0.15, 0.2) is 53.4 Å². The van der Waals surface area contributed by atoms with E-state index in [9.17, 15) is 13.2 Å². The standard InChI is InChI=1S/C18H18Cl2N2O3S/c19-14-7-6-13(17(20)10-14)11-21-18(23)22-9-8-16(12-22)26(24,25)15-4-2-1-3-5-15/h1-7,10,16H,8-9,11-12H2,(H,21,23). The van der Waals surface area contributed by atoms with Crippen LogP contribution in [0.5, 0.6) is 0 Å². The largest absolute Gasteiger partial charge is 0.334 e. The van der Waals surface area contributed by atoms with Crippen molar-refractivity contribution in [3.63, 3.8) is 0 Å². The van der Waals surface area contributed by atoms with Crippen molar-refractivity contribution in [3.05, 3.63) is 64.1 Å². The van der Waals surface area contributed by atoms with Gasteiger partial charge in [-0.05, 0) is 36.2 Å². The Kier molecular flexibility index (Phi) is 5.75. The molecule has 26 heavy (non-hydrogen) atoms. The Labute approximate surface area is 162 Å². The minimum atomic E-state index is -3.44. The Morgan fingerprint density at radius 1 is 1.15 bits per heavy atom. The van der Waals surface area contributed by atoms with Crippen LogP contribution in [0.2, 0.25) is 10.0 Å². The summed E-state index contributed by atoms with van der Waals surface area (Å²) in [5.74, 6) is 0. The fourth-order valence-corrected chi connectivity index (χ4v) is 5.10. The quantitative estimate of drug-likeness (QED) is 0.830. The topological polar surface area (TPSA) is 66.5 Å². The van der Waals surface area contributed by atoms with E-state index in [1.165, 1.54) is 4.90 Å². The molecule has 3 rings (SSSR count). The minimum absolute atomic E-state index is 0.178. The highest BCUT2D eigenvalue weighted by Crippen LogP contribution is 2.24. The second-order valence-corrected chi connectivity index (χ2v) is 9.18. The average molecular weight is 413 g/mol. The Hall–Kier alpha value is -1.76. The maximum Gasteiger partial charge on any atom is 0.317 e. The Morgan fingerprint density at radius 3 is 2.58 bits per heavy atom. The lowest BCUT2D eigenvalue weighted by atomic mass is 10.2. The van der Waals surface area contributed by atoms with Crippen molar-refractivity contribution in [2.75, 3.05) is 13.1 Å². The van der Waals surface area contributed by atoms with Crippen molar-refractivity contribution in [3.8, 4) is 0 Å². The van der Waals surface area contributed by atoms with E-state index in [2.05, 4.69) is 5.32 Å². The lowest BCUT2D eigenvalue weighted by Gasteiger charge is -2.18. The molecule has 1 N–H and O–H groups in total. The van der Waals surface area contributed by atoms with Crippen LogP contribution in [-0.2, 0) is 16.4 Å². The first kappa shape index (κ1) is 19.0. The smallest absolute Gasteiger partial charge is 0.317 e. The molecule has 1 fully saturated rings. The summed E-state index contributed by atoms with van der Waals surface area (Å²) in [7, 11) is -3.44. The zero-order chi connectivity index (χ0) is 18.7. The summed E-state index contributed by atoms with van der Waals surface area (Å²) in [6, 6.07) is 13.1. The number of nitrogens with one attached hydrogen (secondary N) is 1. The second-order valence-electron chi connectivity index (χ2n) is 6.11. The summed E-state index contributed by atoms with van der Waals surface area (Å²) in [4.78, 5) is 14.2. The van der Waals surface area contributed by atoms with Crippen LogP contribution in [0.3, 0.4) is 0 Å². The predicted molar refractivity (Wildman–Crippen MR) is 102 cm³/mol. The molecule has 0 saturated carbocycles. The van der Waals surface area contributed by atoms with Gasteiger partial charge in [0.15, 0.2) is 9.84 Å². The van der Waals surface area contributed by atoms with Gasteiger partial charge >= 0.3 is 6.03 Å². The zero-order valence-corrected chi connectivity index (χ0v) is 16.2. The minimum Gasteiger partial charge on any atom is -0.334 e. The highest BCUT2D eigenvalue weighted by molar-refractivity contribution is 7.92. The van der Waals surface area contributed by atoms with Crippen molar-refractivity contribution in [1.29, 1.82) is 0 Å². The van der Waals surface area contributed by atoms with Crippen molar-refractivity contribution < 1.29 is 13.2 Å². The molecule has 0 spiro atoms. The third kappa shape index (κ3) is 4.14. The molecule has 1 unspecified atom stereocenters. The molecule has 0 radical (unpaired) electrons. The highest BCUT2D eigenvalue weighted by atomic mass is 35.5. The number of urea groups is 1. The molecule has 1 saturated heterocycles. The van der Waals surface area contributed by atoms with E-state index < -0.39 is 15.1 Å². The molecule has 0 aromatic heterocycles. The zero-order valence-electron chi connectivity index (χ0n) is 13.9. The van der Waals surface area contributed by atoms with E-state index in [0.29, 0.717) is 27.9 Å². The highest BCUT2D eigenvalue weighted by Gasteiger charge is 2.36. The predicted octanol–water partition coefficient (Wildman–Crippen LogP) is 3.75. The van der Waals surface area contributed by atoms with Gasteiger partial charge in [0.2, 0.25) is 0 Å². The van der Waals surface area contributed by atoms with E-state index in [-0.39, 0.29) is 19.1 Å². The number of amides is 2. The molecule has 0 aliphatic carbocycles. The summed E-state index contributed by atoms with van der Waals surface area (Å²) in [5.41, 5.74) is 0.747. The summed E-state index contributed by atoms with van der Waals surface area (Å²) in [6.45, 7) is 0.829. The Balaban J connectivity index is 1.61. The third-order valence-corrected chi connectivity index (χ3v) is 7.17. The van der Waals surface area contributed by atoms with Crippen molar-refractivity contribution in [1.82, 2.24) is 10.2 Å². The third-order valence-electron chi connectivity index (χ3n) is 4.39. The Morgan fingerprint density at radius 2 is 1.88 bits per heavy atom. The summed E-state index contributed by atoms with van der Waals surface area (Å²) in [6.07, 6.45) is 0.423. The van der Waals surface area contributed by atoms with Gasteiger partial charge in [0, 0.05) is 29.7 Å². The van der Waals surface area contributed by atoms with Gasteiger partial charge in [0.1, 0.15) is 0 Å². The average Bonchev–Trinajstić information content (AvgIpc) is 3.12. The molecule has 0 bridgehead atoms. The number of hydrogen-bond donors (Lipinski definition) is 1. The number of halogens is 2. The first-order valence-electron chi connectivity index (χ1n) is 8.13. The van der Waals surface area contributed by atoms with E-state index in [0.717, 1.165) is 5.56 Å². The maximum absolute atomic E-state index is 12.7. The van der Waals surface area contributed by atoms with Crippen LogP contribution in [0.4, 0.5) is 4.79 Å². The van der Waals surface area contributed by atoms with Gasteiger partial charge in [-0.3, -0.25) is 0 Å². The van der Waals surface area contributed by atoms with Crippen LogP contribution < -0.4 is 5.32 Å². The normalized spacial score (nSPS) is 17.3. The van der Waals surface area contributed by atoms with Gasteiger partial charge in [-0.15, -0.1) is 0 Å². The molecule has 1 aliphatic rings. The molecule has 2 aromatic rings. The molecule has 2 aromatic carbocycles. The summed E-state index contributed by atoms with van der Waals surface area (Å²) < 4.78 is 25.3. The molecule has 138 valence electrons. The molecule has 1 atom stereocenters. The van der Waals surface area contributed by atoms with E-state index in [1.54, 1.807) is 48.5 Å². The monoisotopic (exact) mass is 412 g/mol. The fraction of sp³-hybridized carbons (Fsp3) is 0.278. The van der Waals surface area contributed by atoms with Crippen LogP contribution in [0, 0.1) is 0 Å². The number of rotatable bonds is 4. The van der Waals surface area contributed by atoms with Crippen molar-refractivity contribution in [2.45, 2.75) is 23.1 Å². The molecule has 2 amide bonds. The number of hydrogen-bond acceptors (Lipinski definition) is 3. The van der Waals surface area contributed by atoms with Crippen LogP contribution in [0.25, 0.3) is 0 Å². The second kappa shape index (κ2) is 7.86. The van der Waals surface area contributed by atoms with E-state index in [1.807, 2.05) is 0 Å². The van der Waals surface area contributed by atoms with Crippen LogP contribution >= 0.6 is 23.2 Å². The molecular weight excluding hydrogens is 395 g/mol. The van der Waals surface area contributed by atoms with Crippen LogP contribution in [0.1, 0.15) is 12.0 Å². The van der Waals surface area contributed by atoms with Gasteiger partial charge in [0.05, 0.1) is 10.1 Å². The number of carbonyl (C=O) groups is 1. The molecule has 8 heteroatoms. The number of benzene rings is 2. The number of carbonyl (C=O) groups excluding carboxylic acids is 1. The number of sulfone groups is 1. The maximum atomic E-state index is 12.7. The van der Waals surface area contributed by atoms with Gasteiger partial charge < -0.3 is 10.2 Å². The molecular formula is C18H18Cl2N2O3S.